The second-order valence-electron chi connectivity index (χ2n) is 3.78. The Labute approximate surface area is 94.1 Å². The van der Waals surface area contributed by atoms with E-state index >= 15 is 0 Å². The van der Waals surface area contributed by atoms with E-state index in [1.165, 1.54) is 0 Å². The smallest absolute Gasteiger partial charge is 0.228 e. The number of halogens is 1. The van der Waals surface area contributed by atoms with Crippen LogP contribution in [0, 0.1) is 6.92 Å². The summed E-state index contributed by atoms with van der Waals surface area (Å²) in [6.07, 6.45) is 2.64. The molecule has 4 heteroatoms. The third-order valence-electron chi connectivity index (χ3n) is 2.62. The number of hydrogen-bond donors (Lipinski definition) is 0. The first-order valence-electron chi connectivity index (χ1n) is 5.12. The Morgan fingerprint density at radius 2 is 2.20 bits per heavy atom. The number of hydrogen-bond acceptors (Lipinski definition) is 2. The molecule has 1 fully saturated rings. The fraction of sp³-hybridized carbons (Fsp3) is 0.455. The standard InChI is InChI=1S/C11H13ClN2O/c1-8-5-6-9(12)13-11(8)14-7-3-2-4-10(14)15/h5-6H,2-4,7H2,1H3. The van der Waals surface area contributed by atoms with Crippen LogP contribution >= 0.6 is 11.6 Å². The number of anilines is 1. The lowest BCUT2D eigenvalue weighted by molar-refractivity contribution is -0.119. The van der Waals surface area contributed by atoms with Gasteiger partial charge in [0, 0.05) is 13.0 Å². The summed E-state index contributed by atoms with van der Waals surface area (Å²) in [7, 11) is 0. The van der Waals surface area contributed by atoms with Crippen molar-refractivity contribution < 1.29 is 4.79 Å². The van der Waals surface area contributed by atoms with Gasteiger partial charge in [-0.3, -0.25) is 9.69 Å². The number of amides is 1. The molecule has 0 saturated carbocycles. The van der Waals surface area contributed by atoms with Crippen LogP contribution in [0.25, 0.3) is 0 Å². The molecule has 1 saturated heterocycles. The van der Waals surface area contributed by atoms with Gasteiger partial charge in [-0.1, -0.05) is 17.7 Å². The Bertz CT molecular complexity index is 392. The monoisotopic (exact) mass is 224 g/mol. The van der Waals surface area contributed by atoms with E-state index in [4.69, 9.17) is 11.6 Å². The summed E-state index contributed by atoms with van der Waals surface area (Å²) in [4.78, 5) is 17.7. The van der Waals surface area contributed by atoms with Gasteiger partial charge in [0.15, 0.2) is 0 Å². The van der Waals surface area contributed by atoms with Crippen molar-refractivity contribution in [2.75, 3.05) is 11.4 Å². The van der Waals surface area contributed by atoms with Crippen LogP contribution in [0.4, 0.5) is 5.82 Å². The van der Waals surface area contributed by atoms with Crippen molar-refractivity contribution in [1.82, 2.24) is 4.98 Å². The molecule has 0 unspecified atom stereocenters. The molecular weight excluding hydrogens is 212 g/mol. The molecule has 0 spiro atoms. The number of piperidine rings is 1. The first-order valence-corrected chi connectivity index (χ1v) is 5.50. The van der Waals surface area contributed by atoms with Gasteiger partial charge in [0.05, 0.1) is 0 Å². The topological polar surface area (TPSA) is 33.2 Å². The van der Waals surface area contributed by atoms with Crippen molar-refractivity contribution in [3.8, 4) is 0 Å². The highest BCUT2D eigenvalue weighted by atomic mass is 35.5. The van der Waals surface area contributed by atoms with E-state index in [1.54, 1.807) is 11.0 Å². The maximum absolute atomic E-state index is 11.7. The van der Waals surface area contributed by atoms with Gasteiger partial charge in [-0.05, 0) is 31.4 Å². The molecule has 0 atom stereocenters. The van der Waals surface area contributed by atoms with E-state index < -0.39 is 0 Å². The number of pyridine rings is 1. The van der Waals surface area contributed by atoms with Crippen LogP contribution in [0.3, 0.4) is 0 Å². The van der Waals surface area contributed by atoms with Gasteiger partial charge in [-0.2, -0.15) is 0 Å². The second-order valence-corrected chi connectivity index (χ2v) is 4.16. The first kappa shape index (κ1) is 10.4. The second kappa shape index (κ2) is 4.19. The molecule has 15 heavy (non-hydrogen) atoms. The van der Waals surface area contributed by atoms with Crippen molar-refractivity contribution >= 4 is 23.3 Å². The maximum atomic E-state index is 11.7. The SMILES string of the molecule is Cc1ccc(Cl)nc1N1CCCCC1=O. The first-order chi connectivity index (χ1) is 7.18. The minimum Gasteiger partial charge on any atom is -0.297 e. The van der Waals surface area contributed by atoms with Gasteiger partial charge in [0.2, 0.25) is 5.91 Å². The molecule has 0 radical (unpaired) electrons. The number of aryl methyl sites for hydroxylation is 1. The summed E-state index contributed by atoms with van der Waals surface area (Å²) in [6, 6.07) is 3.64. The van der Waals surface area contributed by atoms with Crippen molar-refractivity contribution in [3.63, 3.8) is 0 Å². The van der Waals surface area contributed by atoms with Crippen LogP contribution < -0.4 is 4.90 Å². The molecule has 2 heterocycles. The van der Waals surface area contributed by atoms with Crippen LogP contribution in [-0.2, 0) is 4.79 Å². The van der Waals surface area contributed by atoms with Crippen LogP contribution in [0.15, 0.2) is 12.1 Å². The van der Waals surface area contributed by atoms with E-state index in [0.717, 1.165) is 24.9 Å². The molecule has 2 rings (SSSR count). The van der Waals surface area contributed by atoms with Crippen LogP contribution in [0.5, 0.6) is 0 Å². The van der Waals surface area contributed by atoms with Gasteiger partial charge >= 0.3 is 0 Å². The summed E-state index contributed by atoms with van der Waals surface area (Å²) in [5.74, 6) is 0.867. The average molecular weight is 225 g/mol. The molecule has 1 aliphatic heterocycles. The average Bonchev–Trinajstić information content (AvgIpc) is 2.23. The molecule has 80 valence electrons. The van der Waals surface area contributed by atoms with Gasteiger partial charge < -0.3 is 0 Å². The quantitative estimate of drug-likeness (QED) is 0.687. The Morgan fingerprint density at radius 3 is 2.93 bits per heavy atom. The summed E-state index contributed by atoms with van der Waals surface area (Å²) in [5.41, 5.74) is 0.995. The lowest BCUT2D eigenvalue weighted by Gasteiger charge is -2.27. The van der Waals surface area contributed by atoms with Gasteiger partial charge in [0.25, 0.3) is 0 Å². The zero-order valence-electron chi connectivity index (χ0n) is 8.66. The number of aromatic nitrogens is 1. The zero-order chi connectivity index (χ0) is 10.8. The summed E-state index contributed by atoms with van der Waals surface area (Å²) in [6.45, 7) is 2.70. The predicted octanol–water partition coefficient (Wildman–Crippen LogP) is 2.56. The van der Waals surface area contributed by atoms with E-state index in [2.05, 4.69) is 4.98 Å². The molecule has 0 bridgehead atoms. The lowest BCUT2D eigenvalue weighted by atomic mass is 10.1. The molecule has 0 aromatic carbocycles. The van der Waals surface area contributed by atoms with Crippen LogP contribution in [0.1, 0.15) is 24.8 Å². The maximum Gasteiger partial charge on any atom is 0.228 e. The molecule has 1 amide bonds. The number of carbonyl (C=O) groups is 1. The summed E-state index contributed by atoms with van der Waals surface area (Å²) < 4.78 is 0. The predicted molar refractivity (Wildman–Crippen MR) is 60.2 cm³/mol. The molecule has 0 aliphatic carbocycles. The third kappa shape index (κ3) is 2.12. The Balaban J connectivity index is 2.34. The molecule has 1 aromatic rings. The number of nitrogens with zero attached hydrogens (tertiary/aromatic N) is 2. The molecule has 3 nitrogen and oxygen atoms in total. The van der Waals surface area contributed by atoms with Gasteiger partial charge in [-0.25, -0.2) is 4.98 Å². The highest BCUT2D eigenvalue weighted by Gasteiger charge is 2.22. The van der Waals surface area contributed by atoms with E-state index in [1.807, 2.05) is 13.0 Å². The molecular formula is C11H13ClN2O. The highest BCUT2D eigenvalue weighted by Crippen LogP contribution is 2.23. The summed E-state index contributed by atoms with van der Waals surface area (Å²) >= 11 is 5.83. The zero-order valence-corrected chi connectivity index (χ0v) is 9.42. The number of carbonyl (C=O) groups excluding carboxylic acids is 1. The normalized spacial score (nSPS) is 16.9. The van der Waals surface area contributed by atoms with Crippen LogP contribution in [0.2, 0.25) is 5.15 Å². The fourth-order valence-electron chi connectivity index (χ4n) is 1.80. The van der Waals surface area contributed by atoms with Crippen LogP contribution in [-0.4, -0.2) is 17.4 Å². The van der Waals surface area contributed by atoms with Gasteiger partial charge in [-0.15, -0.1) is 0 Å². The molecule has 1 aromatic heterocycles. The van der Waals surface area contributed by atoms with Crippen molar-refractivity contribution in [3.05, 3.63) is 22.8 Å². The van der Waals surface area contributed by atoms with Crippen molar-refractivity contribution in [2.24, 2.45) is 0 Å². The minimum absolute atomic E-state index is 0.152. The van der Waals surface area contributed by atoms with E-state index in [-0.39, 0.29) is 5.91 Å². The largest absolute Gasteiger partial charge is 0.297 e. The molecule has 1 aliphatic rings. The van der Waals surface area contributed by atoms with Crippen molar-refractivity contribution in [1.29, 1.82) is 0 Å². The Hall–Kier alpha value is -1.09. The Kier molecular flexibility index (Phi) is 2.91. The Morgan fingerprint density at radius 1 is 1.40 bits per heavy atom. The molecule has 0 N–H and O–H groups in total. The van der Waals surface area contributed by atoms with E-state index in [9.17, 15) is 4.79 Å². The minimum atomic E-state index is 0.152. The lowest BCUT2D eigenvalue weighted by Crippen LogP contribution is -2.36. The number of rotatable bonds is 1. The highest BCUT2D eigenvalue weighted by molar-refractivity contribution is 6.29. The third-order valence-corrected chi connectivity index (χ3v) is 2.83. The fourth-order valence-corrected chi connectivity index (χ4v) is 1.94. The summed E-state index contributed by atoms with van der Waals surface area (Å²) in [5, 5.41) is 0.439. The van der Waals surface area contributed by atoms with E-state index in [0.29, 0.717) is 17.4 Å². The van der Waals surface area contributed by atoms with Gasteiger partial charge in [0.1, 0.15) is 11.0 Å². The van der Waals surface area contributed by atoms with Crippen molar-refractivity contribution in [2.45, 2.75) is 26.2 Å².